The minimum Gasteiger partial charge on any atom is -0.393 e. The van der Waals surface area contributed by atoms with E-state index in [1.54, 1.807) is 19.3 Å². The number of rotatable bonds is 6. The van der Waals surface area contributed by atoms with E-state index in [1.807, 2.05) is 0 Å². The number of allylic oxidation sites excluding steroid dienone is 3. The average Bonchev–Trinajstić information content (AvgIpc) is 3.03. The van der Waals surface area contributed by atoms with Crippen LogP contribution in [0.3, 0.4) is 0 Å². The zero-order valence-corrected chi connectivity index (χ0v) is 15.3. The number of hydrogen-bond donors (Lipinski definition) is 4. The summed E-state index contributed by atoms with van der Waals surface area (Å²) in [5.41, 5.74) is 0.847. The maximum Gasteiger partial charge on any atom is 0.224 e. The number of aromatic nitrogens is 2. The third-order valence-electron chi connectivity index (χ3n) is 4.79. The van der Waals surface area contributed by atoms with Gasteiger partial charge in [-0.25, -0.2) is 9.37 Å². The van der Waals surface area contributed by atoms with E-state index in [1.165, 1.54) is 6.08 Å². The molecule has 1 aliphatic heterocycles. The van der Waals surface area contributed by atoms with Crippen LogP contribution >= 0.6 is 0 Å². The summed E-state index contributed by atoms with van der Waals surface area (Å²) >= 11 is 0. The van der Waals surface area contributed by atoms with Crippen LogP contribution in [0.2, 0.25) is 0 Å². The number of hydrogen-bond acceptors (Lipinski definition) is 7. The van der Waals surface area contributed by atoms with E-state index >= 15 is 0 Å². The van der Waals surface area contributed by atoms with Gasteiger partial charge < -0.3 is 20.6 Å². The fourth-order valence-electron chi connectivity index (χ4n) is 3.48. The first-order valence-electron chi connectivity index (χ1n) is 9.12. The second-order valence-corrected chi connectivity index (χ2v) is 6.60. The minimum absolute atomic E-state index is 0.189. The van der Waals surface area contributed by atoms with Gasteiger partial charge in [-0.2, -0.15) is 4.98 Å². The zero-order valence-electron chi connectivity index (χ0n) is 15.3. The van der Waals surface area contributed by atoms with Crippen LogP contribution in [0.25, 0.3) is 0 Å². The first-order valence-corrected chi connectivity index (χ1v) is 9.12. The van der Waals surface area contributed by atoms with Gasteiger partial charge in [-0.15, -0.1) is 6.42 Å². The second kappa shape index (κ2) is 8.84. The molecule has 0 radical (unpaired) electrons. The van der Waals surface area contributed by atoms with Crippen LogP contribution in [0.4, 0.5) is 21.8 Å². The normalized spacial score (nSPS) is 25.2. The average molecular weight is 372 g/mol. The van der Waals surface area contributed by atoms with Gasteiger partial charge in [0.2, 0.25) is 5.95 Å². The number of fused-ring (bicyclic) bond motifs is 1. The van der Waals surface area contributed by atoms with Gasteiger partial charge in [0.15, 0.2) is 12.1 Å². The lowest BCUT2D eigenvalue weighted by molar-refractivity contribution is 0.120. The van der Waals surface area contributed by atoms with E-state index in [2.05, 4.69) is 36.7 Å². The molecule has 0 bridgehead atoms. The first-order chi connectivity index (χ1) is 13.1. The molecule has 0 spiro atoms. The summed E-state index contributed by atoms with van der Waals surface area (Å²) in [5.74, 6) is 3.08. The molecule has 4 N–H and O–H groups in total. The van der Waals surface area contributed by atoms with Gasteiger partial charge in [0.25, 0.3) is 0 Å². The van der Waals surface area contributed by atoms with E-state index < -0.39 is 5.83 Å². The molecule has 3 rings (SSSR count). The summed E-state index contributed by atoms with van der Waals surface area (Å²) in [4.78, 5) is 11.1. The molecular formula is C19H25FN6O. The molecule has 0 amide bonds. The molecule has 2 aliphatic rings. The first kappa shape index (κ1) is 19.1. The van der Waals surface area contributed by atoms with Crippen LogP contribution in [0.1, 0.15) is 25.7 Å². The highest BCUT2D eigenvalue weighted by molar-refractivity contribution is 5.72. The van der Waals surface area contributed by atoms with Gasteiger partial charge in [0, 0.05) is 25.7 Å². The Bertz CT molecular complexity index is 751. The Labute approximate surface area is 158 Å². The molecule has 1 aromatic rings. The number of anilines is 3. The lowest BCUT2D eigenvalue weighted by Crippen LogP contribution is -2.53. The van der Waals surface area contributed by atoms with Crippen molar-refractivity contribution in [2.75, 3.05) is 29.1 Å². The SMILES string of the molecule is C#C/C=C(F)\C=C/CNC1Nc2cnc(NC)nc2N1C1CCC(O)CC1. The van der Waals surface area contributed by atoms with Crippen LogP contribution < -0.4 is 20.9 Å². The van der Waals surface area contributed by atoms with Crippen molar-refractivity contribution in [1.82, 2.24) is 15.3 Å². The smallest absolute Gasteiger partial charge is 0.224 e. The van der Waals surface area contributed by atoms with E-state index in [9.17, 15) is 9.50 Å². The zero-order chi connectivity index (χ0) is 19.2. The molecule has 27 heavy (non-hydrogen) atoms. The standard InChI is InChI=1S/C19H25FN6O/c1-3-5-13(20)6-4-11-22-19-24-16-12-23-18(21-2)25-17(16)26(19)14-7-9-15(27)10-8-14/h1,4-6,12,14-15,19,22,24,27H,7-11H2,2H3,(H,21,23,25)/b6-4-,13-5+. The molecule has 1 aromatic heterocycles. The Kier molecular flexibility index (Phi) is 6.27. The highest BCUT2D eigenvalue weighted by Gasteiger charge is 2.37. The summed E-state index contributed by atoms with van der Waals surface area (Å²) in [5, 5.41) is 19.5. The minimum atomic E-state index is -0.454. The predicted octanol–water partition coefficient (Wildman–Crippen LogP) is 1.97. The molecule has 7 nitrogen and oxygen atoms in total. The van der Waals surface area contributed by atoms with Crippen molar-refractivity contribution in [2.24, 2.45) is 0 Å². The van der Waals surface area contributed by atoms with Gasteiger partial charge in [-0.1, -0.05) is 12.0 Å². The fourth-order valence-corrected chi connectivity index (χ4v) is 3.48. The molecule has 8 heteroatoms. The monoisotopic (exact) mass is 372 g/mol. The van der Waals surface area contributed by atoms with Crippen molar-refractivity contribution in [1.29, 1.82) is 0 Å². The number of aliphatic hydroxyl groups is 1. The lowest BCUT2D eigenvalue weighted by Gasteiger charge is -2.37. The topological polar surface area (TPSA) is 85.3 Å². The van der Waals surface area contributed by atoms with Gasteiger partial charge in [0.1, 0.15) is 5.83 Å². The Balaban J connectivity index is 1.74. The maximum atomic E-state index is 13.3. The van der Waals surface area contributed by atoms with Crippen LogP contribution in [0.5, 0.6) is 0 Å². The van der Waals surface area contributed by atoms with E-state index in [0.29, 0.717) is 12.5 Å². The Morgan fingerprint density at radius 3 is 2.96 bits per heavy atom. The molecule has 1 fully saturated rings. The van der Waals surface area contributed by atoms with E-state index in [0.717, 1.165) is 43.3 Å². The highest BCUT2D eigenvalue weighted by atomic mass is 19.1. The molecule has 2 heterocycles. The molecule has 1 aliphatic carbocycles. The molecule has 1 atom stereocenters. The third-order valence-corrected chi connectivity index (χ3v) is 4.79. The Morgan fingerprint density at radius 2 is 2.26 bits per heavy atom. The number of aliphatic hydroxyl groups excluding tert-OH is 1. The van der Waals surface area contributed by atoms with Crippen molar-refractivity contribution >= 4 is 17.5 Å². The van der Waals surface area contributed by atoms with Crippen molar-refractivity contribution in [3.05, 3.63) is 30.3 Å². The summed E-state index contributed by atoms with van der Waals surface area (Å²) in [6, 6.07) is 0.251. The molecule has 1 saturated carbocycles. The van der Waals surface area contributed by atoms with Crippen molar-refractivity contribution < 1.29 is 9.50 Å². The Hall–Kier alpha value is -2.63. The van der Waals surface area contributed by atoms with Crippen LogP contribution in [-0.4, -0.2) is 47.1 Å². The molecular weight excluding hydrogens is 347 g/mol. The van der Waals surface area contributed by atoms with Crippen LogP contribution in [0, 0.1) is 12.3 Å². The second-order valence-electron chi connectivity index (χ2n) is 6.60. The van der Waals surface area contributed by atoms with Crippen LogP contribution in [0.15, 0.2) is 30.3 Å². The number of nitrogens with zero attached hydrogens (tertiary/aromatic N) is 3. The van der Waals surface area contributed by atoms with Crippen molar-refractivity contribution in [3.63, 3.8) is 0 Å². The summed E-state index contributed by atoms with van der Waals surface area (Å²) < 4.78 is 13.3. The van der Waals surface area contributed by atoms with E-state index in [4.69, 9.17) is 6.42 Å². The predicted molar refractivity (Wildman–Crippen MR) is 105 cm³/mol. The van der Waals surface area contributed by atoms with E-state index in [-0.39, 0.29) is 18.4 Å². The largest absolute Gasteiger partial charge is 0.393 e. The van der Waals surface area contributed by atoms with Gasteiger partial charge in [0.05, 0.1) is 18.0 Å². The summed E-state index contributed by atoms with van der Waals surface area (Å²) in [6.45, 7) is 0.454. The molecule has 0 saturated heterocycles. The number of nitrogens with one attached hydrogen (secondary N) is 3. The van der Waals surface area contributed by atoms with Crippen molar-refractivity contribution in [3.8, 4) is 12.3 Å². The third kappa shape index (κ3) is 4.56. The molecule has 1 unspecified atom stereocenters. The lowest BCUT2D eigenvalue weighted by atomic mass is 9.92. The quantitative estimate of drug-likeness (QED) is 0.449. The van der Waals surface area contributed by atoms with Gasteiger partial charge in [-0.3, -0.25) is 5.32 Å². The van der Waals surface area contributed by atoms with Crippen molar-refractivity contribution in [2.45, 2.75) is 44.1 Å². The number of terminal acetylenes is 1. The molecule has 0 aromatic carbocycles. The summed E-state index contributed by atoms with van der Waals surface area (Å²) in [7, 11) is 1.78. The Morgan fingerprint density at radius 1 is 1.48 bits per heavy atom. The maximum absolute atomic E-state index is 13.3. The van der Waals surface area contributed by atoms with Crippen LogP contribution in [-0.2, 0) is 0 Å². The van der Waals surface area contributed by atoms with Gasteiger partial charge in [-0.05, 0) is 31.8 Å². The number of halogens is 1. The fraction of sp³-hybridized carbons (Fsp3) is 0.474. The molecule has 144 valence electrons. The summed E-state index contributed by atoms with van der Waals surface area (Å²) in [6.07, 6.45) is 13.8. The highest BCUT2D eigenvalue weighted by Crippen LogP contribution is 2.37. The van der Waals surface area contributed by atoms with Gasteiger partial charge >= 0.3 is 0 Å².